The van der Waals surface area contributed by atoms with Crippen molar-refractivity contribution in [1.29, 1.82) is 0 Å². The molecule has 0 radical (unpaired) electrons. The van der Waals surface area contributed by atoms with Gasteiger partial charge in [-0.2, -0.15) is 0 Å². The first kappa shape index (κ1) is 20.6. The first-order chi connectivity index (χ1) is 14.1. The van der Waals surface area contributed by atoms with Gasteiger partial charge in [-0.05, 0) is 23.8 Å². The number of Topliss-reactive ketones (excluding diaryl/α,β-unsaturated/α-hetero) is 1. The fraction of sp³-hybridized carbons (Fsp3) is 0.273. The van der Waals surface area contributed by atoms with Crippen LogP contribution in [0.15, 0.2) is 54.7 Å². The van der Waals surface area contributed by atoms with Gasteiger partial charge < -0.3 is 24.5 Å². The van der Waals surface area contributed by atoms with Crippen LogP contribution in [0.5, 0.6) is 5.75 Å². The van der Waals surface area contributed by atoms with E-state index in [1.165, 1.54) is 14.2 Å². The van der Waals surface area contributed by atoms with Crippen molar-refractivity contribution in [2.45, 2.75) is 19.3 Å². The van der Waals surface area contributed by atoms with Crippen LogP contribution >= 0.6 is 0 Å². The van der Waals surface area contributed by atoms with E-state index in [1.54, 1.807) is 12.3 Å². The van der Waals surface area contributed by atoms with Crippen molar-refractivity contribution in [3.05, 3.63) is 65.9 Å². The molecule has 3 rings (SSSR count). The van der Waals surface area contributed by atoms with E-state index in [0.29, 0.717) is 29.7 Å². The smallest absolute Gasteiger partial charge is 0.292 e. The van der Waals surface area contributed by atoms with Crippen LogP contribution in [0.1, 0.15) is 22.3 Å². The standard InChI is InChI=1S/C22H24N2O5/c1-27-20(28-2)10-11-23-22(26)21(25)18-13-24-19-9-8-16(12-17(18)19)29-14-15-6-4-3-5-7-15/h3-9,12-13,20,24H,10-11,14H2,1-2H3,(H,23,26). The van der Waals surface area contributed by atoms with E-state index in [-0.39, 0.29) is 6.54 Å². The summed E-state index contributed by atoms with van der Waals surface area (Å²) in [7, 11) is 3.04. The lowest BCUT2D eigenvalue weighted by atomic mass is 10.1. The van der Waals surface area contributed by atoms with Crippen molar-refractivity contribution in [2.24, 2.45) is 0 Å². The first-order valence-electron chi connectivity index (χ1n) is 9.28. The molecule has 152 valence electrons. The lowest BCUT2D eigenvalue weighted by molar-refractivity contribution is -0.119. The molecule has 7 heteroatoms. The topological polar surface area (TPSA) is 89.7 Å². The number of methoxy groups -OCH3 is 2. The average Bonchev–Trinajstić information content (AvgIpc) is 3.18. The third-order valence-electron chi connectivity index (χ3n) is 4.54. The molecule has 0 aliphatic carbocycles. The number of ketones is 1. The fourth-order valence-electron chi connectivity index (χ4n) is 2.96. The van der Waals surface area contributed by atoms with Crippen LogP contribution in [-0.4, -0.2) is 43.7 Å². The maximum atomic E-state index is 12.6. The van der Waals surface area contributed by atoms with E-state index in [9.17, 15) is 9.59 Å². The molecule has 0 saturated carbocycles. The van der Waals surface area contributed by atoms with Gasteiger partial charge in [0, 0.05) is 44.3 Å². The van der Waals surface area contributed by atoms with Crippen molar-refractivity contribution >= 4 is 22.6 Å². The number of rotatable bonds is 10. The lowest BCUT2D eigenvalue weighted by Gasteiger charge is -2.13. The molecule has 2 N–H and O–H groups in total. The van der Waals surface area contributed by atoms with Gasteiger partial charge in [-0.3, -0.25) is 9.59 Å². The molecule has 0 saturated heterocycles. The van der Waals surface area contributed by atoms with E-state index >= 15 is 0 Å². The Morgan fingerprint density at radius 2 is 1.83 bits per heavy atom. The highest BCUT2D eigenvalue weighted by Crippen LogP contribution is 2.25. The summed E-state index contributed by atoms with van der Waals surface area (Å²) in [6.07, 6.45) is 1.56. The highest BCUT2D eigenvalue weighted by atomic mass is 16.7. The average molecular weight is 396 g/mol. The monoisotopic (exact) mass is 396 g/mol. The predicted octanol–water partition coefficient (Wildman–Crippen LogP) is 3.05. The summed E-state index contributed by atoms with van der Waals surface area (Å²) >= 11 is 0. The Labute approximate surface area is 169 Å². The number of H-pyrrole nitrogens is 1. The van der Waals surface area contributed by atoms with Gasteiger partial charge in [-0.15, -0.1) is 0 Å². The van der Waals surface area contributed by atoms with E-state index < -0.39 is 18.0 Å². The summed E-state index contributed by atoms with van der Waals surface area (Å²) in [6.45, 7) is 0.686. The molecule has 0 atom stereocenters. The van der Waals surface area contributed by atoms with E-state index in [2.05, 4.69) is 10.3 Å². The molecular weight excluding hydrogens is 372 g/mol. The van der Waals surface area contributed by atoms with Crippen molar-refractivity contribution < 1.29 is 23.8 Å². The van der Waals surface area contributed by atoms with Gasteiger partial charge in [0.1, 0.15) is 12.4 Å². The highest BCUT2D eigenvalue weighted by molar-refractivity contribution is 6.45. The molecule has 0 fully saturated rings. The summed E-state index contributed by atoms with van der Waals surface area (Å²) in [6, 6.07) is 15.2. The number of hydrogen-bond acceptors (Lipinski definition) is 5. The Bertz CT molecular complexity index is 964. The van der Waals surface area contributed by atoms with Crippen LogP contribution in [0, 0.1) is 0 Å². The summed E-state index contributed by atoms with van der Waals surface area (Å²) in [5, 5.41) is 3.24. The van der Waals surface area contributed by atoms with Crippen LogP contribution in [0.25, 0.3) is 10.9 Å². The molecule has 0 aliphatic rings. The molecule has 29 heavy (non-hydrogen) atoms. The number of amides is 1. The Morgan fingerprint density at radius 3 is 2.55 bits per heavy atom. The van der Waals surface area contributed by atoms with Gasteiger partial charge in [-0.1, -0.05) is 30.3 Å². The fourth-order valence-corrected chi connectivity index (χ4v) is 2.96. The molecule has 1 amide bonds. The molecule has 1 aromatic heterocycles. The highest BCUT2D eigenvalue weighted by Gasteiger charge is 2.20. The van der Waals surface area contributed by atoms with Crippen molar-refractivity contribution in [3.8, 4) is 5.75 Å². The second-order valence-electron chi connectivity index (χ2n) is 6.46. The third-order valence-corrected chi connectivity index (χ3v) is 4.54. The summed E-state index contributed by atoms with van der Waals surface area (Å²) in [5.74, 6) is -0.659. The van der Waals surface area contributed by atoms with Crippen molar-refractivity contribution in [3.63, 3.8) is 0 Å². The maximum Gasteiger partial charge on any atom is 0.292 e. The minimum atomic E-state index is -0.674. The van der Waals surface area contributed by atoms with Gasteiger partial charge >= 0.3 is 0 Å². The molecule has 0 aliphatic heterocycles. The van der Waals surface area contributed by atoms with E-state index in [4.69, 9.17) is 14.2 Å². The lowest BCUT2D eigenvalue weighted by Crippen LogP contribution is -2.33. The van der Waals surface area contributed by atoms with E-state index in [1.807, 2.05) is 42.5 Å². The summed E-state index contributed by atoms with van der Waals surface area (Å²) in [5.41, 5.74) is 2.10. The quantitative estimate of drug-likeness (QED) is 0.312. The first-order valence-corrected chi connectivity index (χ1v) is 9.28. The second kappa shape index (κ2) is 9.86. The maximum absolute atomic E-state index is 12.6. The Kier molecular flexibility index (Phi) is 6.99. The van der Waals surface area contributed by atoms with Crippen molar-refractivity contribution in [1.82, 2.24) is 10.3 Å². The Balaban J connectivity index is 1.67. The number of carbonyl (C=O) groups is 2. The Hall–Kier alpha value is -3.16. The zero-order chi connectivity index (χ0) is 20.6. The second-order valence-corrected chi connectivity index (χ2v) is 6.46. The van der Waals surface area contributed by atoms with Gasteiger partial charge in [0.25, 0.3) is 11.7 Å². The zero-order valence-corrected chi connectivity index (χ0v) is 16.4. The Morgan fingerprint density at radius 1 is 1.07 bits per heavy atom. The molecule has 0 spiro atoms. The molecule has 2 aromatic carbocycles. The number of carbonyl (C=O) groups excluding carboxylic acids is 2. The van der Waals surface area contributed by atoms with Crippen LogP contribution in [0.3, 0.4) is 0 Å². The van der Waals surface area contributed by atoms with Crippen LogP contribution in [0.2, 0.25) is 0 Å². The number of aromatic nitrogens is 1. The third kappa shape index (κ3) is 5.22. The molecule has 3 aromatic rings. The van der Waals surface area contributed by atoms with Crippen molar-refractivity contribution in [2.75, 3.05) is 20.8 Å². The largest absolute Gasteiger partial charge is 0.489 e. The normalized spacial score (nSPS) is 11.0. The van der Waals surface area contributed by atoms with E-state index in [0.717, 1.165) is 11.1 Å². The number of ether oxygens (including phenoxy) is 3. The number of fused-ring (bicyclic) bond motifs is 1. The number of nitrogens with one attached hydrogen (secondary N) is 2. The number of hydrogen-bond donors (Lipinski definition) is 2. The minimum Gasteiger partial charge on any atom is -0.489 e. The SMILES string of the molecule is COC(CCNC(=O)C(=O)c1c[nH]c2ccc(OCc3ccccc3)cc12)OC. The predicted molar refractivity (Wildman–Crippen MR) is 109 cm³/mol. The van der Waals surface area contributed by atoms with Gasteiger partial charge in [0.2, 0.25) is 0 Å². The van der Waals surface area contributed by atoms with Crippen LogP contribution in [-0.2, 0) is 20.9 Å². The van der Waals surface area contributed by atoms with Crippen LogP contribution < -0.4 is 10.1 Å². The molecule has 1 heterocycles. The minimum absolute atomic E-state index is 0.269. The number of aromatic amines is 1. The molecule has 0 unspecified atom stereocenters. The van der Waals surface area contributed by atoms with Gasteiger partial charge in [0.05, 0.1) is 5.56 Å². The summed E-state index contributed by atoms with van der Waals surface area (Å²) in [4.78, 5) is 27.9. The molecule has 0 bridgehead atoms. The zero-order valence-electron chi connectivity index (χ0n) is 16.4. The summed E-state index contributed by atoms with van der Waals surface area (Å²) < 4.78 is 16.0. The van der Waals surface area contributed by atoms with Crippen LogP contribution in [0.4, 0.5) is 0 Å². The molecular formula is C22H24N2O5. The van der Waals surface area contributed by atoms with Gasteiger partial charge in [-0.25, -0.2) is 0 Å². The number of benzene rings is 2. The molecule has 7 nitrogen and oxygen atoms in total. The van der Waals surface area contributed by atoms with Gasteiger partial charge in [0.15, 0.2) is 6.29 Å².